The standard InChI is InChI=1S/C25H19BrFN3O5/c1-2-34-23-12-17(11-18(14-28)25(31)29-22-9-4-3-8-21(22)27)20(26)13-24(23)35-15-16-6-5-7-19(10-16)30(32)33/h3-13H,2,15H2,1H3,(H,29,31)/b18-11+. The third kappa shape index (κ3) is 6.65. The van der Waals surface area contributed by atoms with Crippen molar-refractivity contribution in [2.75, 3.05) is 11.9 Å². The Morgan fingerprint density at radius 2 is 1.91 bits per heavy atom. The van der Waals surface area contributed by atoms with Gasteiger partial charge in [0.05, 0.1) is 17.2 Å². The summed E-state index contributed by atoms with van der Waals surface area (Å²) in [4.78, 5) is 23.0. The molecule has 0 aliphatic carbocycles. The molecule has 1 N–H and O–H groups in total. The minimum Gasteiger partial charge on any atom is -0.490 e. The average molecular weight is 540 g/mol. The van der Waals surface area contributed by atoms with Gasteiger partial charge in [-0.2, -0.15) is 5.26 Å². The minimum absolute atomic E-state index is 0.0439. The quantitative estimate of drug-likeness (QED) is 0.154. The largest absolute Gasteiger partial charge is 0.490 e. The van der Waals surface area contributed by atoms with Gasteiger partial charge in [-0.15, -0.1) is 0 Å². The number of carbonyl (C=O) groups is 1. The molecule has 10 heteroatoms. The van der Waals surface area contributed by atoms with E-state index in [0.717, 1.165) is 0 Å². The molecule has 0 saturated heterocycles. The Bertz CT molecular complexity index is 1340. The van der Waals surface area contributed by atoms with Crippen molar-refractivity contribution in [1.29, 1.82) is 5.26 Å². The van der Waals surface area contributed by atoms with Crippen molar-refractivity contribution in [3.05, 3.63) is 97.8 Å². The van der Waals surface area contributed by atoms with Gasteiger partial charge in [0.15, 0.2) is 11.5 Å². The zero-order chi connectivity index (χ0) is 25.4. The smallest absolute Gasteiger partial charge is 0.269 e. The van der Waals surface area contributed by atoms with E-state index in [9.17, 15) is 24.6 Å². The van der Waals surface area contributed by atoms with E-state index in [0.29, 0.717) is 33.7 Å². The Morgan fingerprint density at radius 3 is 2.60 bits per heavy atom. The number of halogens is 2. The molecule has 0 atom stereocenters. The number of nitro benzene ring substituents is 1. The monoisotopic (exact) mass is 539 g/mol. The van der Waals surface area contributed by atoms with Crippen LogP contribution in [0, 0.1) is 27.3 Å². The first kappa shape index (κ1) is 25.4. The van der Waals surface area contributed by atoms with Crippen LogP contribution in [0.2, 0.25) is 0 Å². The Kier molecular flexibility index (Phi) is 8.53. The number of anilines is 1. The molecule has 0 fully saturated rings. The van der Waals surface area contributed by atoms with Crippen molar-refractivity contribution in [3.63, 3.8) is 0 Å². The number of hydrogen-bond acceptors (Lipinski definition) is 6. The Morgan fingerprint density at radius 1 is 1.17 bits per heavy atom. The summed E-state index contributed by atoms with van der Waals surface area (Å²) in [5.41, 5.74) is 0.712. The first-order chi connectivity index (χ1) is 16.8. The zero-order valence-corrected chi connectivity index (χ0v) is 20.0. The Balaban J connectivity index is 1.86. The number of nitrogens with zero attached hydrogens (tertiary/aromatic N) is 2. The molecule has 0 aliphatic rings. The molecule has 3 rings (SSSR count). The lowest BCUT2D eigenvalue weighted by atomic mass is 10.1. The van der Waals surface area contributed by atoms with E-state index in [2.05, 4.69) is 21.2 Å². The van der Waals surface area contributed by atoms with Gasteiger partial charge in [-0.05, 0) is 48.4 Å². The highest BCUT2D eigenvalue weighted by Crippen LogP contribution is 2.35. The number of hydrogen-bond donors (Lipinski definition) is 1. The van der Waals surface area contributed by atoms with Crippen molar-refractivity contribution >= 4 is 39.3 Å². The minimum atomic E-state index is -0.770. The number of rotatable bonds is 9. The topological polar surface area (TPSA) is 114 Å². The van der Waals surface area contributed by atoms with E-state index in [1.165, 1.54) is 36.4 Å². The van der Waals surface area contributed by atoms with Crippen molar-refractivity contribution in [1.82, 2.24) is 0 Å². The third-order valence-corrected chi connectivity index (χ3v) is 5.35. The molecule has 0 aliphatic heterocycles. The number of nitriles is 1. The number of non-ortho nitro benzene ring substituents is 1. The number of amides is 1. The molecule has 35 heavy (non-hydrogen) atoms. The lowest BCUT2D eigenvalue weighted by molar-refractivity contribution is -0.384. The summed E-state index contributed by atoms with van der Waals surface area (Å²) in [5.74, 6) is -0.687. The third-order valence-electron chi connectivity index (χ3n) is 4.67. The van der Waals surface area contributed by atoms with E-state index in [1.807, 2.05) is 6.07 Å². The molecular weight excluding hydrogens is 521 g/mol. The van der Waals surface area contributed by atoms with Crippen LogP contribution in [0.25, 0.3) is 6.08 Å². The van der Waals surface area contributed by atoms with E-state index in [-0.39, 0.29) is 23.6 Å². The summed E-state index contributed by atoms with van der Waals surface area (Å²) >= 11 is 3.40. The lowest BCUT2D eigenvalue weighted by Crippen LogP contribution is -2.14. The molecule has 0 bridgehead atoms. The van der Waals surface area contributed by atoms with Crippen LogP contribution < -0.4 is 14.8 Å². The lowest BCUT2D eigenvalue weighted by Gasteiger charge is -2.14. The molecule has 0 unspecified atom stereocenters. The fourth-order valence-electron chi connectivity index (χ4n) is 3.02. The summed E-state index contributed by atoms with van der Waals surface area (Å²) < 4.78 is 25.8. The predicted molar refractivity (Wildman–Crippen MR) is 131 cm³/mol. The maximum absolute atomic E-state index is 13.9. The highest BCUT2D eigenvalue weighted by Gasteiger charge is 2.16. The molecule has 1 amide bonds. The van der Waals surface area contributed by atoms with Gasteiger partial charge in [-0.3, -0.25) is 14.9 Å². The van der Waals surface area contributed by atoms with Gasteiger partial charge in [0.1, 0.15) is 24.1 Å². The molecule has 3 aromatic carbocycles. The molecule has 178 valence electrons. The fourth-order valence-corrected chi connectivity index (χ4v) is 3.46. The van der Waals surface area contributed by atoms with Gasteiger partial charge in [-0.25, -0.2) is 4.39 Å². The summed E-state index contributed by atoms with van der Waals surface area (Å²) in [5, 5.41) is 22.9. The van der Waals surface area contributed by atoms with Crippen LogP contribution >= 0.6 is 15.9 Å². The second-order valence-corrected chi connectivity index (χ2v) is 7.93. The van der Waals surface area contributed by atoms with Crippen molar-refractivity contribution in [3.8, 4) is 17.6 Å². The van der Waals surface area contributed by atoms with Crippen LogP contribution in [0.15, 0.2) is 70.7 Å². The number of ether oxygens (including phenoxy) is 2. The maximum Gasteiger partial charge on any atom is 0.269 e. The van der Waals surface area contributed by atoms with Crippen LogP contribution in [0.3, 0.4) is 0 Å². The molecule has 8 nitrogen and oxygen atoms in total. The van der Waals surface area contributed by atoms with Crippen molar-refractivity contribution < 1.29 is 23.6 Å². The highest BCUT2D eigenvalue weighted by molar-refractivity contribution is 9.10. The average Bonchev–Trinajstić information content (AvgIpc) is 2.84. The van der Waals surface area contributed by atoms with Gasteiger partial charge in [0.2, 0.25) is 0 Å². The zero-order valence-electron chi connectivity index (χ0n) is 18.5. The SMILES string of the molecule is CCOc1cc(/C=C(\C#N)C(=O)Nc2ccccc2F)c(Br)cc1OCc1cccc([N+](=O)[O-])c1. The first-order valence-electron chi connectivity index (χ1n) is 10.3. The van der Waals surface area contributed by atoms with E-state index < -0.39 is 16.6 Å². The van der Waals surface area contributed by atoms with Gasteiger partial charge in [0.25, 0.3) is 11.6 Å². The summed E-state index contributed by atoms with van der Waals surface area (Å²) in [7, 11) is 0. The fraction of sp³-hybridized carbons (Fsp3) is 0.120. The number of nitrogens with one attached hydrogen (secondary N) is 1. The normalized spacial score (nSPS) is 10.9. The van der Waals surface area contributed by atoms with Crippen LogP contribution in [0.4, 0.5) is 15.8 Å². The molecule has 3 aromatic rings. The van der Waals surface area contributed by atoms with Gasteiger partial charge in [-0.1, -0.05) is 40.2 Å². The second kappa shape index (κ2) is 11.8. The number of benzene rings is 3. The van der Waals surface area contributed by atoms with Crippen molar-refractivity contribution in [2.24, 2.45) is 0 Å². The van der Waals surface area contributed by atoms with Crippen LogP contribution in [0.5, 0.6) is 11.5 Å². The van der Waals surface area contributed by atoms with E-state index in [4.69, 9.17) is 9.47 Å². The van der Waals surface area contributed by atoms with Crippen LogP contribution in [0.1, 0.15) is 18.1 Å². The molecule has 0 heterocycles. The predicted octanol–water partition coefficient (Wildman–Crippen LogP) is 6.02. The Hall–Kier alpha value is -4.23. The van der Waals surface area contributed by atoms with Crippen LogP contribution in [-0.2, 0) is 11.4 Å². The summed E-state index contributed by atoms with van der Waals surface area (Å²) in [6, 6.07) is 16.7. The molecular formula is C25H19BrFN3O5. The molecule has 0 radical (unpaired) electrons. The van der Waals surface area contributed by atoms with Gasteiger partial charge >= 0.3 is 0 Å². The van der Waals surface area contributed by atoms with Crippen LogP contribution in [-0.4, -0.2) is 17.4 Å². The van der Waals surface area contributed by atoms with E-state index >= 15 is 0 Å². The molecule has 0 aromatic heterocycles. The molecule has 0 saturated carbocycles. The summed E-state index contributed by atoms with van der Waals surface area (Å²) in [6.45, 7) is 2.15. The highest BCUT2D eigenvalue weighted by atomic mass is 79.9. The Labute approximate surface area is 208 Å². The number of nitro groups is 1. The van der Waals surface area contributed by atoms with Gasteiger partial charge < -0.3 is 14.8 Å². The number of para-hydroxylation sites is 1. The first-order valence-corrected chi connectivity index (χ1v) is 11.1. The molecule has 0 spiro atoms. The van der Waals surface area contributed by atoms with Gasteiger partial charge in [0, 0.05) is 16.6 Å². The number of carbonyl (C=O) groups excluding carboxylic acids is 1. The maximum atomic E-state index is 13.9. The second-order valence-electron chi connectivity index (χ2n) is 7.07. The van der Waals surface area contributed by atoms with E-state index in [1.54, 1.807) is 37.3 Å². The van der Waals surface area contributed by atoms with Crippen molar-refractivity contribution in [2.45, 2.75) is 13.5 Å². The summed E-state index contributed by atoms with van der Waals surface area (Å²) in [6.07, 6.45) is 1.34.